The molecule has 0 atom stereocenters. The lowest BCUT2D eigenvalue weighted by Crippen LogP contribution is -2.02. The Kier molecular flexibility index (Phi) is 4.01. The summed E-state index contributed by atoms with van der Waals surface area (Å²) >= 11 is 12.4. The third-order valence-corrected chi connectivity index (χ3v) is 4.66. The highest BCUT2D eigenvalue weighted by Gasteiger charge is 2.13. The summed E-state index contributed by atoms with van der Waals surface area (Å²) in [6, 6.07) is 23.8. The Labute approximate surface area is 150 Å². The summed E-state index contributed by atoms with van der Waals surface area (Å²) in [5, 5.41) is 1.48. The second-order valence-electron chi connectivity index (χ2n) is 5.61. The van der Waals surface area contributed by atoms with Crippen molar-refractivity contribution in [2.45, 2.75) is 6.54 Å². The van der Waals surface area contributed by atoms with Crippen molar-refractivity contribution < 1.29 is 0 Å². The number of hydrogen-bond acceptors (Lipinski definition) is 1. The summed E-state index contributed by atoms with van der Waals surface area (Å²) in [5.41, 5.74) is 4.15. The van der Waals surface area contributed by atoms with Gasteiger partial charge in [-0.3, -0.25) is 0 Å². The van der Waals surface area contributed by atoms with Crippen LogP contribution in [0.1, 0.15) is 5.56 Å². The van der Waals surface area contributed by atoms with Gasteiger partial charge in [-0.1, -0.05) is 53.5 Å². The molecule has 0 saturated heterocycles. The van der Waals surface area contributed by atoms with E-state index in [4.69, 9.17) is 28.2 Å². The van der Waals surface area contributed by atoms with Crippen LogP contribution in [-0.2, 0) is 6.54 Å². The quantitative estimate of drug-likeness (QED) is 0.438. The van der Waals surface area contributed by atoms with Crippen molar-refractivity contribution in [2.75, 3.05) is 0 Å². The molecule has 0 aliphatic heterocycles. The average Bonchev–Trinajstić information content (AvgIpc) is 2.96. The van der Waals surface area contributed by atoms with Gasteiger partial charge in [0.15, 0.2) is 0 Å². The van der Waals surface area contributed by atoms with Crippen LogP contribution < -0.4 is 0 Å². The van der Waals surface area contributed by atoms with E-state index in [0.717, 1.165) is 33.0 Å². The lowest BCUT2D eigenvalue weighted by atomic mass is 10.2. The number of rotatable bonds is 3. The van der Waals surface area contributed by atoms with Crippen LogP contribution in [0.15, 0.2) is 72.8 Å². The third kappa shape index (κ3) is 2.79. The predicted molar refractivity (Wildman–Crippen MR) is 101 cm³/mol. The Hall–Kier alpha value is -2.29. The molecular weight excluding hydrogens is 339 g/mol. The van der Waals surface area contributed by atoms with Gasteiger partial charge in [0.1, 0.15) is 5.82 Å². The number of fused-ring (bicyclic) bond motifs is 1. The van der Waals surface area contributed by atoms with Crippen LogP contribution in [-0.4, -0.2) is 9.55 Å². The highest BCUT2D eigenvalue weighted by atomic mass is 35.5. The van der Waals surface area contributed by atoms with Gasteiger partial charge in [0, 0.05) is 15.6 Å². The highest BCUT2D eigenvalue weighted by Crippen LogP contribution is 2.28. The summed E-state index contributed by atoms with van der Waals surface area (Å²) in [4.78, 5) is 4.82. The van der Waals surface area contributed by atoms with Crippen LogP contribution >= 0.6 is 23.2 Å². The Bertz CT molecular complexity index is 1000. The number of benzene rings is 3. The minimum atomic E-state index is 0.665. The SMILES string of the molecule is Clc1ccc(-c2nc3ccccc3n2Cc2ccccc2Cl)cc1. The lowest BCUT2D eigenvalue weighted by Gasteiger charge is -2.11. The van der Waals surface area contributed by atoms with Crippen LogP contribution in [0.4, 0.5) is 0 Å². The van der Waals surface area contributed by atoms with Gasteiger partial charge < -0.3 is 4.57 Å². The van der Waals surface area contributed by atoms with Crippen molar-refractivity contribution in [2.24, 2.45) is 0 Å². The fraction of sp³-hybridized carbons (Fsp3) is 0.0500. The van der Waals surface area contributed by atoms with E-state index in [1.165, 1.54) is 0 Å². The number of hydrogen-bond donors (Lipinski definition) is 0. The van der Waals surface area contributed by atoms with Gasteiger partial charge in [-0.05, 0) is 48.0 Å². The molecule has 0 unspecified atom stereocenters. The summed E-state index contributed by atoms with van der Waals surface area (Å²) in [5.74, 6) is 0.910. The summed E-state index contributed by atoms with van der Waals surface area (Å²) in [6.07, 6.45) is 0. The Morgan fingerprint density at radius 2 is 1.50 bits per heavy atom. The van der Waals surface area contributed by atoms with Gasteiger partial charge >= 0.3 is 0 Å². The molecule has 0 fully saturated rings. The zero-order valence-corrected chi connectivity index (χ0v) is 14.3. The normalized spacial score (nSPS) is 11.1. The zero-order valence-electron chi connectivity index (χ0n) is 12.8. The molecule has 0 N–H and O–H groups in total. The smallest absolute Gasteiger partial charge is 0.141 e. The van der Waals surface area contributed by atoms with Crippen LogP contribution in [0.2, 0.25) is 10.0 Å². The maximum Gasteiger partial charge on any atom is 0.141 e. The maximum absolute atomic E-state index is 6.36. The molecule has 2 nitrogen and oxygen atoms in total. The Morgan fingerprint density at radius 1 is 0.792 bits per heavy atom. The lowest BCUT2D eigenvalue weighted by molar-refractivity contribution is 0.834. The van der Waals surface area contributed by atoms with E-state index >= 15 is 0 Å². The summed E-state index contributed by atoms with van der Waals surface area (Å²) < 4.78 is 2.19. The molecule has 3 aromatic carbocycles. The molecule has 118 valence electrons. The summed E-state index contributed by atoms with van der Waals surface area (Å²) in [6.45, 7) is 0.665. The molecular formula is C20H14Cl2N2. The van der Waals surface area contributed by atoms with E-state index in [1.54, 1.807) is 0 Å². The molecule has 1 aromatic heterocycles. The first kappa shape index (κ1) is 15.3. The molecule has 0 bridgehead atoms. The second-order valence-corrected chi connectivity index (χ2v) is 6.45. The molecule has 4 heteroatoms. The monoisotopic (exact) mass is 352 g/mol. The molecule has 4 rings (SSSR count). The van der Waals surface area contributed by atoms with Crippen molar-refractivity contribution in [1.29, 1.82) is 0 Å². The molecule has 1 heterocycles. The molecule has 0 aliphatic carbocycles. The van der Waals surface area contributed by atoms with Crippen molar-refractivity contribution in [3.63, 3.8) is 0 Å². The minimum absolute atomic E-state index is 0.665. The largest absolute Gasteiger partial charge is 0.319 e. The number of aromatic nitrogens is 2. The van der Waals surface area contributed by atoms with Crippen molar-refractivity contribution >= 4 is 34.2 Å². The number of halogens is 2. The first-order valence-electron chi connectivity index (χ1n) is 7.67. The number of nitrogens with zero attached hydrogens (tertiary/aromatic N) is 2. The van der Waals surface area contributed by atoms with E-state index in [9.17, 15) is 0 Å². The highest BCUT2D eigenvalue weighted by molar-refractivity contribution is 6.31. The maximum atomic E-state index is 6.36. The molecule has 0 aliphatic rings. The van der Waals surface area contributed by atoms with Gasteiger partial charge in [0.05, 0.1) is 17.6 Å². The minimum Gasteiger partial charge on any atom is -0.319 e. The Morgan fingerprint density at radius 3 is 2.29 bits per heavy atom. The Balaban J connectivity index is 1.90. The van der Waals surface area contributed by atoms with Gasteiger partial charge in [0.2, 0.25) is 0 Å². The van der Waals surface area contributed by atoms with E-state index in [-0.39, 0.29) is 0 Å². The molecule has 4 aromatic rings. The fourth-order valence-electron chi connectivity index (χ4n) is 2.85. The molecule has 24 heavy (non-hydrogen) atoms. The molecule has 0 spiro atoms. The van der Waals surface area contributed by atoms with E-state index in [2.05, 4.69) is 10.6 Å². The predicted octanol–water partition coefficient (Wildman–Crippen LogP) is 6.06. The van der Waals surface area contributed by atoms with Crippen LogP contribution in [0.3, 0.4) is 0 Å². The average molecular weight is 353 g/mol. The van der Waals surface area contributed by atoms with Crippen molar-refractivity contribution in [3.8, 4) is 11.4 Å². The van der Waals surface area contributed by atoms with Crippen LogP contribution in [0.25, 0.3) is 22.4 Å². The van der Waals surface area contributed by atoms with Crippen LogP contribution in [0.5, 0.6) is 0 Å². The topological polar surface area (TPSA) is 17.8 Å². The van der Waals surface area contributed by atoms with E-state index in [0.29, 0.717) is 11.6 Å². The third-order valence-electron chi connectivity index (χ3n) is 4.04. The van der Waals surface area contributed by atoms with Gasteiger partial charge in [-0.15, -0.1) is 0 Å². The molecule has 0 amide bonds. The number of imidazole rings is 1. The van der Waals surface area contributed by atoms with Gasteiger partial charge in [0.25, 0.3) is 0 Å². The fourth-order valence-corrected chi connectivity index (χ4v) is 3.17. The summed E-state index contributed by atoms with van der Waals surface area (Å²) in [7, 11) is 0. The standard InChI is InChI=1S/C20H14Cl2N2/c21-16-11-9-14(10-12-16)20-23-18-7-3-4-8-19(18)24(20)13-15-5-1-2-6-17(15)22/h1-12H,13H2. The first-order valence-corrected chi connectivity index (χ1v) is 8.42. The molecule has 0 radical (unpaired) electrons. The van der Waals surface area contributed by atoms with Crippen LogP contribution in [0, 0.1) is 0 Å². The number of para-hydroxylation sites is 2. The van der Waals surface area contributed by atoms with E-state index in [1.807, 2.05) is 66.7 Å². The van der Waals surface area contributed by atoms with Gasteiger partial charge in [-0.25, -0.2) is 4.98 Å². The van der Waals surface area contributed by atoms with Crippen molar-refractivity contribution in [3.05, 3.63) is 88.4 Å². The zero-order chi connectivity index (χ0) is 16.5. The van der Waals surface area contributed by atoms with Crippen molar-refractivity contribution in [1.82, 2.24) is 9.55 Å². The first-order chi connectivity index (χ1) is 11.7. The molecule has 0 saturated carbocycles. The van der Waals surface area contributed by atoms with E-state index < -0.39 is 0 Å². The van der Waals surface area contributed by atoms with Gasteiger partial charge in [-0.2, -0.15) is 0 Å². The second kappa shape index (κ2) is 6.31.